The Hall–Kier alpha value is -0.440. The summed E-state index contributed by atoms with van der Waals surface area (Å²) in [7, 11) is 0. The first kappa shape index (κ1) is 14.6. The molecule has 3 rings (SSSR count). The van der Waals surface area contributed by atoms with Crippen LogP contribution in [0.5, 0.6) is 0 Å². The average molecular weight is 275 g/mol. The summed E-state index contributed by atoms with van der Waals surface area (Å²) >= 11 is 0. The van der Waals surface area contributed by atoms with Gasteiger partial charge in [0.1, 0.15) is 0 Å². The SMILES string of the molecule is Cl.Cl.c1ccc2c(c1)CCN2CC1CCCN1. The minimum Gasteiger partial charge on any atom is -0.369 e. The van der Waals surface area contributed by atoms with Crippen LogP contribution in [0.3, 0.4) is 0 Å². The smallest absolute Gasteiger partial charge is 0.0400 e. The number of nitrogens with one attached hydrogen (secondary N) is 1. The van der Waals surface area contributed by atoms with Crippen molar-refractivity contribution in [1.29, 1.82) is 0 Å². The average Bonchev–Trinajstić information content (AvgIpc) is 2.89. The molecule has 0 spiro atoms. The summed E-state index contributed by atoms with van der Waals surface area (Å²) in [5.41, 5.74) is 2.99. The zero-order valence-electron chi connectivity index (χ0n) is 9.89. The lowest BCUT2D eigenvalue weighted by atomic mass is 10.2. The predicted molar refractivity (Wildman–Crippen MR) is 77.9 cm³/mol. The van der Waals surface area contributed by atoms with Crippen molar-refractivity contribution in [2.45, 2.75) is 25.3 Å². The van der Waals surface area contributed by atoms with Crippen molar-refractivity contribution in [2.24, 2.45) is 0 Å². The van der Waals surface area contributed by atoms with Gasteiger partial charge in [-0.15, -0.1) is 24.8 Å². The predicted octanol–water partition coefficient (Wildman–Crippen LogP) is 2.64. The van der Waals surface area contributed by atoms with Gasteiger partial charge in [-0.3, -0.25) is 0 Å². The molecule has 4 heteroatoms. The molecule has 0 bridgehead atoms. The Morgan fingerprint density at radius 2 is 2.06 bits per heavy atom. The van der Waals surface area contributed by atoms with Crippen LogP contribution in [0.15, 0.2) is 24.3 Å². The van der Waals surface area contributed by atoms with Crippen LogP contribution in [-0.4, -0.2) is 25.7 Å². The Labute approximate surface area is 116 Å². The Balaban J connectivity index is 0.000000722. The lowest BCUT2D eigenvalue weighted by Gasteiger charge is -2.23. The molecule has 2 aliphatic heterocycles. The fourth-order valence-corrected chi connectivity index (χ4v) is 2.77. The van der Waals surface area contributed by atoms with Crippen molar-refractivity contribution in [3.8, 4) is 0 Å². The van der Waals surface area contributed by atoms with Crippen molar-refractivity contribution in [1.82, 2.24) is 5.32 Å². The van der Waals surface area contributed by atoms with Gasteiger partial charge in [-0.2, -0.15) is 0 Å². The highest BCUT2D eigenvalue weighted by Gasteiger charge is 2.22. The second-order valence-corrected chi connectivity index (χ2v) is 4.62. The van der Waals surface area contributed by atoms with E-state index in [0.29, 0.717) is 0 Å². The van der Waals surface area contributed by atoms with Gasteiger partial charge in [-0.25, -0.2) is 0 Å². The van der Waals surface area contributed by atoms with Gasteiger partial charge >= 0.3 is 0 Å². The lowest BCUT2D eigenvalue weighted by Crippen LogP contribution is -2.36. The van der Waals surface area contributed by atoms with Crippen LogP contribution in [0.25, 0.3) is 0 Å². The molecule has 1 saturated heterocycles. The van der Waals surface area contributed by atoms with Crippen LogP contribution in [0, 0.1) is 0 Å². The highest BCUT2D eigenvalue weighted by Crippen LogP contribution is 2.27. The Morgan fingerprint density at radius 1 is 1.24 bits per heavy atom. The maximum absolute atomic E-state index is 3.57. The minimum absolute atomic E-state index is 0. The van der Waals surface area contributed by atoms with Crippen LogP contribution in [0.1, 0.15) is 18.4 Å². The highest BCUT2D eigenvalue weighted by atomic mass is 35.5. The van der Waals surface area contributed by atoms with Gasteiger partial charge in [-0.05, 0) is 37.4 Å². The van der Waals surface area contributed by atoms with Gasteiger partial charge < -0.3 is 10.2 Å². The summed E-state index contributed by atoms with van der Waals surface area (Å²) in [6.07, 6.45) is 3.92. The maximum Gasteiger partial charge on any atom is 0.0400 e. The molecule has 1 atom stereocenters. The fraction of sp³-hybridized carbons (Fsp3) is 0.538. The van der Waals surface area contributed by atoms with Crippen molar-refractivity contribution < 1.29 is 0 Å². The van der Waals surface area contributed by atoms with E-state index in [1.807, 2.05) is 0 Å². The third-order valence-corrected chi connectivity index (χ3v) is 3.59. The second kappa shape index (κ2) is 6.48. The molecule has 1 N–H and O–H groups in total. The Bertz CT molecular complexity index is 351. The van der Waals surface area contributed by atoms with Crippen molar-refractivity contribution in [2.75, 3.05) is 24.5 Å². The number of nitrogens with zero attached hydrogens (tertiary/aromatic N) is 1. The van der Waals surface area contributed by atoms with E-state index < -0.39 is 0 Å². The summed E-state index contributed by atoms with van der Waals surface area (Å²) in [4.78, 5) is 2.54. The van der Waals surface area contributed by atoms with Gasteiger partial charge in [0.05, 0.1) is 0 Å². The molecule has 17 heavy (non-hydrogen) atoms. The zero-order valence-corrected chi connectivity index (χ0v) is 11.5. The molecule has 0 radical (unpaired) electrons. The molecule has 2 heterocycles. The topological polar surface area (TPSA) is 15.3 Å². The molecule has 0 saturated carbocycles. The van der Waals surface area contributed by atoms with Crippen molar-refractivity contribution in [3.63, 3.8) is 0 Å². The highest BCUT2D eigenvalue weighted by molar-refractivity contribution is 5.85. The number of halogens is 2. The van der Waals surface area contributed by atoms with Crippen LogP contribution in [-0.2, 0) is 6.42 Å². The van der Waals surface area contributed by atoms with E-state index in [0.717, 1.165) is 6.04 Å². The number of fused-ring (bicyclic) bond motifs is 1. The van der Waals surface area contributed by atoms with E-state index in [4.69, 9.17) is 0 Å². The van der Waals surface area contributed by atoms with Crippen LogP contribution >= 0.6 is 24.8 Å². The van der Waals surface area contributed by atoms with E-state index in [1.54, 1.807) is 0 Å². The summed E-state index contributed by atoms with van der Waals surface area (Å²) in [6.45, 7) is 3.61. The summed E-state index contributed by atoms with van der Waals surface area (Å²) in [5.74, 6) is 0. The van der Waals surface area contributed by atoms with Crippen molar-refractivity contribution in [3.05, 3.63) is 29.8 Å². The molecule has 0 aliphatic carbocycles. The summed E-state index contributed by atoms with van der Waals surface area (Å²) < 4.78 is 0. The van der Waals surface area contributed by atoms with E-state index in [1.165, 1.54) is 50.1 Å². The molecule has 1 aromatic rings. The minimum atomic E-state index is 0. The lowest BCUT2D eigenvalue weighted by molar-refractivity contribution is 0.589. The van der Waals surface area contributed by atoms with E-state index in [-0.39, 0.29) is 24.8 Å². The number of hydrogen-bond donors (Lipinski definition) is 1. The molecule has 2 aliphatic rings. The van der Waals surface area contributed by atoms with Gasteiger partial charge in [0, 0.05) is 24.8 Å². The summed E-state index contributed by atoms with van der Waals surface area (Å²) in [6, 6.07) is 9.54. The molecule has 1 unspecified atom stereocenters. The van der Waals surface area contributed by atoms with Crippen LogP contribution < -0.4 is 10.2 Å². The molecule has 2 nitrogen and oxygen atoms in total. The zero-order chi connectivity index (χ0) is 10.1. The number of anilines is 1. The number of rotatable bonds is 2. The van der Waals surface area contributed by atoms with Gasteiger partial charge in [0.2, 0.25) is 0 Å². The third-order valence-electron chi connectivity index (χ3n) is 3.59. The monoisotopic (exact) mass is 274 g/mol. The molecule has 1 fully saturated rings. The molecular formula is C13H20Cl2N2. The van der Waals surface area contributed by atoms with E-state index >= 15 is 0 Å². The van der Waals surface area contributed by atoms with Gasteiger partial charge in [0.15, 0.2) is 0 Å². The molecule has 0 amide bonds. The van der Waals surface area contributed by atoms with Gasteiger partial charge in [0.25, 0.3) is 0 Å². The first-order valence-corrected chi connectivity index (χ1v) is 6.00. The second-order valence-electron chi connectivity index (χ2n) is 4.62. The number of hydrogen-bond acceptors (Lipinski definition) is 2. The fourth-order valence-electron chi connectivity index (χ4n) is 2.77. The first-order valence-electron chi connectivity index (χ1n) is 6.00. The largest absolute Gasteiger partial charge is 0.369 e. The Morgan fingerprint density at radius 3 is 2.82 bits per heavy atom. The van der Waals surface area contributed by atoms with Gasteiger partial charge in [-0.1, -0.05) is 18.2 Å². The number of para-hydroxylation sites is 1. The van der Waals surface area contributed by atoms with Crippen LogP contribution in [0.2, 0.25) is 0 Å². The Kier molecular flexibility index (Phi) is 5.57. The standard InChI is InChI=1S/C13H18N2.2ClH/c1-2-6-13-11(4-1)7-9-15(13)10-12-5-3-8-14-12;;/h1-2,4,6,12,14H,3,5,7-10H2;2*1H. The maximum atomic E-state index is 3.57. The van der Waals surface area contributed by atoms with E-state index in [2.05, 4.69) is 34.5 Å². The summed E-state index contributed by atoms with van der Waals surface area (Å²) in [5, 5.41) is 3.57. The van der Waals surface area contributed by atoms with E-state index in [9.17, 15) is 0 Å². The van der Waals surface area contributed by atoms with Crippen molar-refractivity contribution >= 4 is 30.5 Å². The first-order chi connectivity index (χ1) is 7.43. The van der Waals surface area contributed by atoms with Crippen LogP contribution in [0.4, 0.5) is 5.69 Å². The molecule has 1 aromatic carbocycles. The normalized spacial score (nSPS) is 21.6. The third kappa shape index (κ3) is 3.06. The quantitative estimate of drug-likeness (QED) is 0.892. The molecule has 0 aromatic heterocycles. The number of benzene rings is 1. The molecular weight excluding hydrogens is 255 g/mol. The molecule has 96 valence electrons.